The predicted octanol–water partition coefficient (Wildman–Crippen LogP) is 4.21. The molecule has 0 saturated heterocycles. The van der Waals surface area contributed by atoms with Crippen molar-refractivity contribution in [1.82, 2.24) is 24.3 Å². The highest BCUT2D eigenvalue weighted by Crippen LogP contribution is 2.29. The SMILES string of the molecule is Cn1cc(-c2nc(-c3ccc(Cl)cc3)cc3c(=O)n(-c4cccc(O)c4)cnc23)cn1. The first-order chi connectivity index (χ1) is 15.0. The maximum absolute atomic E-state index is 13.4. The Hall–Kier alpha value is -3.97. The summed E-state index contributed by atoms with van der Waals surface area (Å²) in [7, 11) is 1.82. The Bertz CT molecular complexity index is 1490. The minimum atomic E-state index is -0.265. The molecule has 0 fully saturated rings. The summed E-state index contributed by atoms with van der Waals surface area (Å²) in [5.41, 5.74) is 3.50. The summed E-state index contributed by atoms with van der Waals surface area (Å²) in [4.78, 5) is 22.8. The summed E-state index contributed by atoms with van der Waals surface area (Å²) in [6, 6.07) is 15.5. The molecule has 0 atom stereocenters. The number of phenolic OH excluding ortho intramolecular Hbond substituents is 1. The van der Waals surface area contributed by atoms with Crippen LogP contribution >= 0.6 is 11.6 Å². The van der Waals surface area contributed by atoms with Crippen LogP contribution in [0.1, 0.15) is 0 Å². The number of rotatable bonds is 3. The Kier molecular flexibility index (Phi) is 4.52. The van der Waals surface area contributed by atoms with E-state index < -0.39 is 0 Å². The van der Waals surface area contributed by atoms with Gasteiger partial charge in [0.15, 0.2) is 0 Å². The number of pyridine rings is 1. The third-order valence-electron chi connectivity index (χ3n) is 4.97. The molecule has 152 valence electrons. The number of hydrogen-bond acceptors (Lipinski definition) is 5. The van der Waals surface area contributed by atoms with Crippen LogP contribution in [0.3, 0.4) is 0 Å². The standard InChI is InChI=1S/C23H16ClN5O2/c1-28-12-15(11-26-28)21-22-19(10-20(27-21)14-5-7-16(24)8-6-14)23(31)29(13-25-22)17-3-2-4-18(30)9-17/h2-13,30H,1H3. The fraction of sp³-hybridized carbons (Fsp3) is 0.0435. The molecule has 0 radical (unpaired) electrons. The summed E-state index contributed by atoms with van der Waals surface area (Å²) in [6.45, 7) is 0. The van der Waals surface area contributed by atoms with Gasteiger partial charge in [0.05, 0.1) is 23.0 Å². The molecular weight excluding hydrogens is 414 g/mol. The molecule has 0 aliphatic rings. The van der Waals surface area contributed by atoms with E-state index >= 15 is 0 Å². The van der Waals surface area contributed by atoms with Gasteiger partial charge in [-0.05, 0) is 30.3 Å². The first kappa shape index (κ1) is 19.0. The second-order valence-corrected chi connectivity index (χ2v) is 7.54. The molecule has 0 aliphatic heterocycles. The fourth-order valence-corrected chi connectivity index (χ4v) is 3.60. The Morgan fingerprint density at radius 2 is 1.84 bits per heavy atom. The average molecular weight is 430 g/mol. The summed E-state index contributed by atoms with van der Waals surface area (Å²) in [5.74, 6) is 0.0668. The third-order valence-corrected chi connectivity index (χ3v) is 5.22. The van der Waals surface area contributed by atoms with Gasteiger partial charge in [0.1, 0.15) is 23.3 Å². The second kappa shape index (κ2) is 7.37. The van der Waals surface area contributed by atoms with Crippen LogP contribution in [-0.2, 0) is 7.05 Å². The molecule has 3 heterocycles. The van der Waals surface area contributed by atoms with Gasteiger partial charge in [-0.15, -0.1) is 0 Å². The van der Waals surface area contributed by atoms with Crippen molar-refractivity contribution in [3.8, 4) is 34.0 Å². The van der Waals surface area contributed by atoms with E-state index in [9.17, 15) is 9.90 Å². The average Bonchev–Trinajstić information content (AvgIpc) is 3.20. The fourth-order valence-electron chi connectivity index (χ4n) is 3.47. The number of phenols is 1. The molecule has 31 heavy (non-hydrogen) atoms. The minimum Gasteiger partial charge on any atom is -0.508 e. The van der Waals surface area contributed by atoms with Gasteiger partial charge in [0.25, 0.3) is 5.56 Å². The lowest BCUT2D eigenvalue weighted by atomic mass is 10.1. The highest BCUT2D eigenvalue weighted by molar-refractivity contribution is 6.30. The van der Waals surface area contributed by atoms with Gasteiger partial charge in [0.2, 0.25) is 0 Å². The van der Waals surface area contributed by atoms with E-state index in [1.165, 1.54) is 17.0 Å². The van der Waals surface area contributed by atoms with Crippen LogP contribution in [0.15, 0.2) is 78.1 Å². The highest BCUT2D eigenvalue weighted by Gasteiger charge is 2.16. The van der Waals surface area contributed by atoms with Crippen LogP contribution in [0.25, 0.3) is 39.1 Å². The molecule has 0 aliphatic carbocycles. The maximum Gasteiger partial charge on any atom is 0.265 e. The van der Waals surface area contributed by atoms with Crippen LogP contribution in [-0.4, -0.2) is 29.4 Å². The molecule has 5 rings (SSSR count). The van der Waals surface area contributed by atoms with Crippen LogP contribution in [0, 0.1) is 0 Å². The van der Waals surface area contributed by atoms with Crippen molar-refractivity contribution >= 4 is 22.5 Å². The number of halogens is 1. The zero-order valence-electron chi connectivity index (χ0n) is 16.4. The molecule has 0 amide bonds. The zero-order valence-corrected chi connectivity index (χ0v) is 17.2. The van der Waals surface area contributed by atoms with Gasteiger partial charge in [-0.1, -0.05) is 29.8 Å². The number of hydrogen-bond donors (Lipinski definition) is 1. The van der Waals surface area contributed by atoms with Crippen LogP contribution in [0.4, 0.5) is 0 Å². The lowest BCUT2D eigenvalue weighted by Gasteiger charge is -2.11. The van der Waals surface area contributed by atoms with E-state index in [1.807, 2.05) is 25.4 Å². The summed E-state index contributed by atoms with van der Waals surface area (Å²) in [6.07, 6.45) is 4.97. The maximum atomic E-state index is 13.4. The molecular formula is C23H16ClN5O2. The van der Waals surface area contributed by atoms with Gasteiger partial charge < -0.3 is 5.11 Å². The monoisotopic (exact) mass is 429 g/mol. The number of aromatic hydroxyl groups is 1. The normalized spacial score (nSPS) is 11.2. The minimum absolute atomic E-state index is 0.0668. The number of benzene rings is 2. The smallest absolute Gasteiger partial charge is 0.265 e. The molecule has 5 aromatic rings. The van der Waals surface area contributed by atoms with E-state index in [-0.39, 0.29) is 11.3 Å². The van der Waals surface area contributed by atoms with E-state index in [4.69, 9.17) is 16.6 Å². The van der Waals surface area contributed by atoms with E-state index in [2.05, 4.69) is 10.1 Å². The first-order valence-corrected chi connectivity index (χ1v) is 9.84. The molecule has 0 spiro atoms. The van der Waals surface area contributed by atoms with Crippen molar-refractivity contribution in [1.29, 1.82) is 0 Å². The number of nitrogens with zero attached hydrogens (tertiary/aromatic N) is 5. The molecule has 3 aromatic heterocycles. The van der Waals surface area contributed by atoms with Gasteiger partial charge in [0, 0.05) is 35.5 Å². The van der Waals surface area contributed by atoms with Crippen molar-refractivity contribution in [2.75, 3.05) is 0 Å². The first-order valence-electron chi connectivity index (χ1n) is 9.46. The summed E-state index contributed by atoms with van der Waals surface area (Å²) < 4.78 is 3.08. The third kappa shape index (κ3) is 3.45. The van der Waals surface area contributed by atoms with Crippen molar-refractivity contribution in [2.24, 2.45) is 7.05 Å². The Labute approximate surface area is 181 Å². The van der Waals surface area contributed by atoms with Crippen molar-refractivity contribution in [3.63, 3.8) is 0 Å². The van der Waals surface area contributed by atoms with Crippen LogP contribution in [0.2, 0.25) is 5.02 Å². The molecule has 2 aromatic carbocycles. The van der Waals surface area contributed by atoms with E-state index in [1.54, 1.807) is 47.3 Å². The van der Waals surface area contributed by atoms with Gasteiger partial charge in [-0.3, -0.25) is 14.0 Å². The van der Waals surface area contributed by atoms with Crippen LogP contribution in [0.5, 0.6) is 5.75 Å². The Morgan fingerprint density at radius 3 is 2.55 bits per heavy atom. The summed E-state index contributed by atoms with van der Waals surface area (Å²) >= 11 is 6.04. The summed E-state index contributed by atoms with van der Waals surface area (Å²) in [5, 5.41) is 15.1. The lowest BCUT2D eigenvalue weighted by molar-refractivity contribution is 0.475. The number of fused-ring (bicyclic) bond motifs is 1. The van der Waals surface area contributed by atoms with Gasteiger partial charge in [-0.2, -0.15) is 5.10 Å². The van der Waals surface area contributed by atoms with Gasteiger partial charge in [-0.25, -0.2) is 9.97 Å². The quantitative estimate of drug-likeness (QED) is 0.464. The molecule has 7 nitrogen and oxygen atoms in total. The molecule has 8 heteroatoms. The van der Waals surface area contributed by atoms with Crippen molar-refractivity contribution in [2.45, 2.75) is 0 Å². The van der Waals surface area contributed by atoms with Crippen LogP contribution < -0.4 is 5.56 Å². The van der Waals surface area contributed by atoms with E-state index in [0.29, 0.717) is 33.0 Å². The topological polar surface area (TPSA) is 85.8 Å². The lowest BCUT2D eigenvalue weighted by Crippen LogP contribution is -2.19. The van der Waals surface area contributed by atoms with Crippen molar-refractivity contribution < 1.29 is 5.11 Å². The number of aryl methyl sites for hydroxylation is 1. The molecule has 0 bridgehead atoms. The predicted molar refractivity (Wildman–Crippen MR) is 119 cm³/mol. The Morgan fingerprint density at radius 1 is 1.03 bits per heavy atom. The van der Waals surface area contributed by atoms with Gasteiger partial charge >= 0.3 is 0 Å². The molecule has 0 saturated carbocycles. The second-order valence-electron chi connectivity index (χ2n) is 7.10. The molecule has 1 N–H and O–H groups in total. The zero-order chi connectivity index (χ0) is 21.5. The van der Waals surface area contributed by atoms with E-state index in [0.717, 1.165) is 11.1 Å². The Balaban J connectivity index is 1.82. The molecule has 0 unspecified atom stereocenters. The largest absolute Gasteiger partial charge is 0.508 e. The number of aromatic nitrogens is 5. The van der Waals surface area contributed by atoms with Crippen molar-refractivity contribution in [3.05, 3.63) is 88.7 Å². The highest BCUT2D eigenvalue weighted by atomic mass is 35.5.